The van der Waals surface area contributed by atoms with Crippen molar-refractivity contribution < 1.29 is 19.8 Å². The van der Waals surface area contributed by atoms with Gasteiger partial charge in [0.05, 0.1) is 17.6 Å². The summed E-state index contributed by atoms with van der Waals surface area (Å²) in [5.41, 5.74) is 0.642. The first-order valence-corrected chi connectivity index (χ1v) is 8.74. The summed E-state index contributed by atoms with van der Waals surface area (Å²) in [4.78, 5) is 40.8. The molecule has 0 radical (unpaired) electrons. The second-order valence-electron chi connectivity index (χ2n) is 6.38. The lowest BCUT2D eigenvalue weighted by atomic mass is 10.2. The number of carbonyl (C=O) groups excluding carboxylic acids is 1. The van der Waals surface area contributed by atoms with Crippen LogP contribution in [0.15, 0.2) is 59.4 Å². The van der Waals surface area contributed by atoms with Gasteiger partial charge in [-0.2, -0.15) is 0 Å². The van der Waals surface area contributed by atoms with Crippen LogP contribution in [0.25, 0.3) is 16.7 Å². The molecule has 29 heavy (non-hydrogen) atoms. The standard InChI is InChI=1S/C20H16N4O5/c25-15(26)10-21-19(28)16-17(27)18-22-13-8-4-5-9-14(13)24(18)23(20(16)29)11-12-6-2-1-3-7-12/h1-9,27H,10-11H2,(H,21,28)(H,25,26). The highest BCUT2D eigenvalue weighted by atomic mass is 16.4. The van der Waals surface area contributed by atoms with E-state index in [2.05, 4.69) is 10.3 Å². The Morgan fingerprint density at radius 2 is 1.72 bits per heavy atom. The number of nitrogens with zero attached hydrogens (tertiary/aromatic N) is 3. The highest BCUT2D eigenvalue weighted by molar-refractivity contribution is 6.00. The van der Waals surface area contributed by atoms with Gasteiger partial charge in [-0.3, -0.25) is 14.4 Å². The number of carbonyl (C=O) groups is 2. The van der Waals surface area contributed by atoms with Crippen molar-refractivity contribution in [1.82, 2.24) is 19.5 Å². The van der Waals surface area contributed by atoms with Crippen LogP contribution in [0.3, 0.4) is 0 Å². The summed E-state index contributed by atoms with van der Waals surface area (Å²) >= 11 is 0. The maximum Gasteiger partial charge on any atom is 0.322 e. The SMILES string of the molecule is O=C(O)CNC(=O)c1c(O)c2nc3ccccc3n2n(Cc2ccccc2)c1=O. The average molecular weight is 392 g/mol. The molecule has 9 heteroatoms. The summed E-state index contributed by atoms with van der Waals surface area (Å²) in [5, 5.41) is 21.6. The van der Waals surface area contributed by atoms with Crippen molar-refractivity contribution >= 4 is 28.6 Å². The number of imidazole rings is 1. The molecule has 2 heterocycles. The number of aromatic hydroxyl groups is 1. The van der Waals surface area contributed by atoms with Gasteiger partial charge in [-0.25, -0.2) is 14.2 Å². The molecular formula is C20H16N4O5. The minimum absolute atomic E-state index is 0.0298. The number of amides is 1. The zero-order chi connectivity index (χ0) is 20.5. The van der Waals surface area contributed by atoms with Gasteiger partial charge in [-0.15, -0.1) is 0 Å². The van der Waals surface area contributed by atoms with Gasteiger partial charge in [0.1, 0.15) is 6.54 Å². The normalized spacial score (nSPS) is 11.0. The summed E-state index contributed by atoms with van der Waals surface area (Å²) in [7, 11) is 0. The van der Waals surface area contributed by atoms with E-state index in [1.54, 1.807) is 24.3 Å². The van der Waals surface area contributed by atoms with E-state index in [9.17, 15) is 19.5 Å². The highest BCUT2D eigenvalue weighted by Crippen LogP contribution is 2.25. The summed E-state index contributed by atoms with van der Waals surface area (Å²) < 4.78 is 2.77. The Morgan fingerprint density at radius 1 is 1.03 bits per heavy atom. The van der Waals surface area contributed by atoms with E-state index in [1.165, 1.54) is 9.20 Å². The predicted octanol–water partition coefficient (Wildman–Crippen LogP) is 1.22. The maximum absolute atomic E-state index is 13.2. The van der Waals surface area contributed by atoms with Crippen molar-refractivity contribution in [3.8, 4) is 5.75 Å². The van der Waals surface area contributed by atoms with Crippen molar-refractivity contribution in [1.29, 1.82) is 0 Å². The number of nitrogens with one attached hydrogen (secondary N) is 1. The van der Waals surface area contributed by atoms with E-state index in [0.717, 1.165) is 5.56 Å². The molecule has 0 aliphatic carbocycles. The van der Waals surface area contributed by atoms with Gasteiger partial charge in [-0.1, -0.05) is 42.5 Å². The topological polar surface area (TPSA) is 126 Å². The second-order valence-corrected chi connectivity index (χ2v) is 6.38. The molecule has 0 fully saturated rings. The Balaban J connectivity index is 2.00. The quantitative estimate of drug-likeness (QED) is 0.469. The first-order valence-electron chi connectivity index (χ1n) is 8.74. The molecular weight excluding hydrogens is 376 g/mol. The number of carboxylic acid groups (broad SMARTS) is 1. The molecule has 0 atom stereocenters. The zero-order valence-electron chi connectivity index (χ0n) is 15.1. The molecule has 1 amide bonds. The molecule has 0 spiro atoms. The third kappa shape index (κ3) is 3.18. The minimum Gasteiger partial charge on any atom is -0.504 e. The first kappa shape index (κ1) is 18.2. The second kappa shape index (κ2) is 7.12. The van der Waals surface area contributed by atoms with Crippen LogP contribution in [0.1, 0.15) is 15.9 Å². The minimum atomic E-state index is -1.27. The van der Waals surface area contributed by atoms with Crippen molar-refractivity contribution in [2.24, 2.45) is 0 Å². The van der Waals surface area contributed by atoms with Crippen LogP contribution in [0.5, 0.6) is 5.75 Å². The summed E-state index contributed by atoms with van der Waals surface area (Å²) in [6, 6.07) is 16.2. The van der Waals surface area contributed by atoms with E-state index in [1.807, 2.05) is 30.3 Å². The zero-order valence-corrected chi connectivity index (χ0v) is 15.1. The predicted molar refractivity (Wildman–Crippen MR) is 104 cm³/mol. The smallest absolute Gasteiger partial charge is 0.322 e. The highest BCUT2D eigenvalue weighted by Gasteiger charge is 2.25. The Morgan fingerprint density at radius 3 is 2.45 bits per heavy atom. The fourth-order valence-corrected chi connectivity index (χ4v) is 3.19. The van der Waals surface area contributed by atoms with Gasteiger partial charge < -0.3 is 15.5 Å². The van der Waals surface area contributed by atoms with Crippen LogP contribution < -0.4 is 10.9 Å². The van der Waals surface area contributed by atoms with Crippen LogP contribution in [0.2, 0.25) is 0 Å². The molecule has 0 unspecified atom stereocenters. The lowest BCUT2D eigenvalue weighted by molar-refractivity contribution is -0.135. The lowest BCUT2D eigenvalue weighted by Gasteiger charge is -2.14. The van der Waals surface area contributed by atoms with E-state index >= 15 is 0 Å². The number of rotatable bonds is 5. The molecule has 0 saturated carbocycles. The molecule has 9 nitrogen and oxygen atoms in total. The third-order valence-corrected chi connectivity index (χ3v) is 4.48. The largest absolute Gasteiger partial charge is 0.504 e. The molecule has 2 aromatic heterocycles. The Labute approximate surface area is 163 Å². The van der Waals surface area contributed by atoms with E-state index < -0.39 is 35.3 Å². The molecule has 0 saturated heterocycles. The van der Waals surface area contributed by atoms with Crippen molar-refractivity contribution in [2.75, 3.05) is 6.54 Å². The van der Waals surface area contributed by atoms with E-state index in [4.69, 9.17) is 5.11 Å². The van der Waals surface area contributed by atoms with Crippen molar-refractivity contribution in [3.63, 3.8) is 0 Å². The van der Waals surface area contributed by atoms with Crippen molar-refractivity contribution in [3.05, 3.63) is 76.1 Å². The molecule has 0 bridgehead atoms. The van der Waals surface area contributed by atoms with E-state index in [0.29, 0.717) is 11.0 Å². The van der Waals surface area contributed by atoms with Gasteiger partial charge in [-0.05, 0) is 17.7 Å². The van der Waals surface area contributed by atoms with Gasteiger partial charge in [0, 0.05) is 0 Å². The van der Waals surface area contributed by atoms with E-state index in [-0.39, 0.29) is 12.2 Å². The number of aliphatic carboxylic acids is 1. The molecule has 0 aliphatic heterocycles. The fourth-order valence-electron chi connectivity index (χ4n) is 3.19. The molecule has 0 aliphatic rings. The summed E-state index contributed by atoms with van der Waals surface area (Å²) in [6.45, 7) is -0.561. The van der Waals surface area contributed by atoms with Gasteiger partial charge in [0.2, 0.25) is 0 Å². The Kier molecular flexibility index (Phi) is 4.47. The number of hydrogen-bond acceptors (Lipinski definition) is 5. The Hall–Kier alpha value is -4.14. The maximum atomic E-state index is 13.2. The number of fused-ring (bicyclic) bond motifs is 3. The van der Waals surface area contributed by atoms with Crippen LogP contribution in [0.4, 0.5) is 0 Å². The molecule has 2 aromatic carbocycles. The summed E-state index contributed by atoms with van der Waals surface area (Å²) in [6.07, 6.45) is 0. The first-order chi connectivity index (χ1) is 14.0. The third-order valence-electron chi connectivity index (χ3n) is 4.48. The molecule has 4 aromatic rings. The fraction of sp³-hybridized carbons (Fsp3) is 0.100. The van der Waals surface area contributed by atoms with Gasteiger partial charge in [0.25, 0.3) is 11.5 Å². The average Bonchev–Trinajstić information content (AvgIpc) is 3.10. The molecule has 3 N–H and O–H groups in total. The lowest BCUT2D eigenvalue weighted by Crippen LogP contribution is -2.37. The number of para-hydroxylation sites is 2. The molecule has 4 rings (SSSR count). The summed E-state index contributed by atoms with van der Waals surface area (Å²) in [5.74, 6) is -2.85. The Bertz CT molecular complexity index is 1310. The van der Waals surface area contributed by atoms with Crippen molar-refractivity contribution in [2.45, 2.75) is 6.54 Å². The van der Waals surface area contributed by atoms with Gasteiger partial charge >= 0.3 is 5.97 Å². The number of aromatic nitrogens is 3. The number of carboxylic acids is 1. The van der Waals surface area contributed by atoms with Gasteiger partial charge in [0.15, 0.2) is 17.0 Å². The van der Waals surface area contributed by atoms with Crippen LogP contribution >= 0.6 is 0 Å². The van der Waals surface area contributed by atoms with Crippen LogP contribution in [-0.2, 0) is 11.3 Å². The number of benzene rings is 2. The monoisotopic (exact) mass is 392 g/mol. The van der Waals surface area contributed by atoms with Crippen LogP contribution in [-0.4, -0.2) is 42.8 Å². The molecule has 146 valence electrons. The van der Waals surface area contributed by atoms with Crippen LogP contribution in [0, 0.1) is 0 Å². The number of hydrogen-bond donors (Lipinski definition) is 3.